The minimum absolute atomic E-state index is 0.131. The number of halogens is 2. The molecular weight excluding hydrogens is 476 g/mol. The first-order valence-corrected chi connectivity index (χ1v) is 9.66. The molecule has 0 spiro atoms. The monoisotopic (exact) mass is 490 g/mol. The molecular formula is C20H16Br2N2O3. The number of nitrogens with one attached hydrogen (secondary N) is 1. The van der Waals surface area contributed by atoms with Gasteiger partial charge >= 0.3 is 0 Å². The van der Waals surface area contributed by atoms with Crippen LogP contribution in [0.2, 0.25) is 0 Å². The largest absolute Gasteiger partial charge is 0.484 e. The van der Waals surface area contributed by atoms with Crippen molar-refractivity contribution in [1.82, 2.24) is 5.43 Å². The average molecular weight is 492 g/mol. The SMILES string of the molecule is Cc1ccc(-c2ccc(/C=N/NC(=O)COc3cccc(Br)c3)o2)c(Br)c1. The second-order valence-electron chi connectivity index (χ2n) is 5.72. The van der Waals surface area contributed by atoms with Gasteiger partial charge in [0.1, 0.15) is 17.3 Å². The van der Waals surface area contributed by atoms with Crippen molar-refractivity contribution in [3.05, 3.63) is 74.9 Å². The molecule has 0 aliphatic carbocycles. The summed E-state index contributed by atoms with van der Waals surface area (Å²) in [5.74, 6) is 1.49. The summed E-state index contributed by atoms with van der Waals surface area (Å²) in [6, 6.07) is 16.9. The molecule has 0 aliphatic rings. The van der Waals surface area contributed by atoms with Crippen molar-refractivity contribution in [3.63, 3.8) is 0 Å². The number of hydrogen-bond acceptors (Lipinski definition) is 4. The summed E-state index contributed by atoms with van der Waals surface area (Å²) in [5, 5.41) is 3.90. The van der Waals surface area contributed by atoms with E-state index in [0.29, 0.717) is 17.3 Å². The Hall–Kier alpha value is -2.38. The average Bonchev–Trinajstić information content (AvgIpc) is 3.08. The number of furan rings is 1. The molecule has 5 nitrogen and oxygen atoms in total. The van der Waals surface area contributed by atoms with Crippen LogP contribution in [0, 0.1) is 6.92 Å². The number of nitrogens with zero attached hydrogens (tertiary/aromatic N) is 1. The summed E-state index contributed by atoms with van der Waals surface area (Å²) in [7, 11) is 0. The number of amides is 1. The van der Waals surface area contributed by atoms with E-state index in [4.69, 9.17) is 9.15 Å². The van der Waals surface area contributed by atoms with Gasteiger partial charge in [0.25, 0.3) is 5.91 Å². The smallest absolute Gasteiger partial charge is 0.277 e. The number of carbonyl (C=O) groups is 1. The highest BCUT2D eigenvalue weighted by atomic mass is 79.9. The predicted octanol–water partition coefficient (Wildman–Crippen LogP) is 5.31. The molecule has 7 heteroatoms. The molecule has 0 saturated carbocycles. The van der Waals surface area contributed by atoms with Gasteiger partial charge < -0.3 is 9.15 Å². The van der Waals surface area contributed by atoms with Crippen LogP contribution in [0.1, 0.15) is 11.3 Å². The summed E-state index contributed by atoms with van der Waals surface area (Å²) in [5.41, 5.74) is 4.52. The van der Waals surface area contributed by atoms with E-state index in [9.17, 15) is 4.79 Å². The quantitative estimate of drug-likeness (QED) is 0.375. The lowest BCUT2D eigenvalue weighted by Crippen LogP contribution is -2.24. The van der Waals surface area contributed by atoms with E-state index in [0.717, 1.165) is 20.1 Å². The number of aryl methyl sites for hydroxylation is 1. The van der Waals surface area contributed by atoms with Gasteiger partial charge in [0.2, 0.25) is 0 Å². The van der Waals surface area contributed by atoms with E-state index in [-0.39, 0.29) is 12.5 Å². The molecule has 0 fully saturated rings. The van der Waals surface area contributed by atoms with Gasteiger partial charge in [0.05, 0.1) is 6.21 Å². The van der Waals surface area contributed by atoms with Crippen LogP contribution < -0.4 is 10.2 Å². The molecule has 2 aromatic carbocycles. The van der Waals surface area contributed by atoms with Crippen LogP contribution in [0.25, 0.3) is 11.3 Å². The zero-order chi connectivity index (χ0) is 19.2. The van der Waals surface area contributed by atoms with Crippen LogP contribution >= 0.6 is 31.9 Å². The lowest BCUT2D eigenvalue weighted by molar-refractivity contribution is -0.123. The van der Waals surface area contributed by atoms with Crippen LogP contribution in [-0.2, 0) is 4.79 Å². The highest BCUT2D eigenvalue weighted by Crippen LogP contribution is 2.30. The lowest BCUT2D eigenvalue weighted by Gasteiger charge is -2.04. The van der Waals surface area contributed by atoms with Crippen LogP contribution in [0.15, 0.2) is 73.1 Å². The predicted molar refractivity (Wildman–Crippen MR) is 112 cm³/mol. The Morgan fingerprint density at radius 1 is 1.19 bits per heavy atom. The molecule has 1 amide bonds. The summed E-state index contributed by atoms with van der Waals surface area (Å²) in [4.78, 5) is 11.8. The number of rotatable bonds is 6. The van der Waals surface area contributed by atoms with Crippen molar-refractivity contribution in [2.24, 2.45) is 5.10 Å². The lowest BCUT2D eigenvalue weighted by atomic mass is 10.1. The molecule has 0 unspecified atom stereocenters. The van der Waals surface area contributed by atoms with Crippen LogP contribution in [0.5, 0.6) is 5.75 Å². The fourth-order valence-electron chi connectivity index (χ4n) is 2.29. The van der Waals surface area contributed by atoms with Crippen LogP contribution in [-0.4, -0.2) is 18.7 Å². The maximum Gasteiger partial charge on any atom is 0.277 e. The number of hydrazone groups is 1. The topological polar surface area (TPSA) is 63.8 Å². The van der Waals surface area contributed by atoms with Crippen molar-refractivity contribution in [1.29, 1.82) is 0 Å². The Morgan fingerprint density at radius 3 is 2.81 bits per heavy atom. The van der Waals surface area contributed by atoms with E-state index in [1.54, 1.807) is 18.2 Å². The molecule has 0 radical (unpaired) electrons. The van der Waals surface area contributed by atoms with Crippen molar-refractivity contribution < 1.29 is 13.9 Å². The second-order valence-corrected chi connectivity index (χ2v) is 7.49. The minimum Gasteiger partial charge on any atom is -0.484 e. The first-order chi connectivity index (χ1) is 13.0. The molecule has 3 rings (SSSR count). The number of benzene rings is 2. The summed E-state index contributed by atoms with van der Waals surface area (Å²) in [6.07, 6.45) is 1.45. The third kappa shape index (κ3) is 5.55. The van der Waals surface area contributed by atoms with Crippen LogP contribution in [0.3, 0.4) is 0 Å². The molecule has 138 valence electrons. The van der Waals surface area contributed by atoms with Gasteiger partial charge in [0.15, 0.2) is 6.61 Å². The van der Waals surface area contributed by atoms with Gasteiger partial charge in [-0.25, -0.2) is 5.43 Å². The minimum atomic E-state index is -0.362. The number of ether oxygens (including phenoxy) is 1. The Morgan fingerprint density at radius 2 is 2.04 bits per heavy atom. The molecule has 0 bridgehead atoms. The van der Waals surface area contributed by atoms with Gasteiger partial charge in [0, 0.05) is 14.5 Å². The molecule has 0 atom stereocenters. The van der Waals surface area contributed by atoms with E-state index in [2.05, 4.69) is 42.4 Å². The molecule has 1 aromatic heterocycles. The van der Waals surface area contributed by atoms with Crippen molar-refractivity contribution in [2.45, 2.75) is 6.92 Å². The number of hydrogen-bond donors (Lipinski definition) is 1. The normalized spacial score (nSPS) is 10.9. The summed E-state index contributed by atoms with van der Waals surface area (Å²) < 4.78 is 13.0. The highest BCUT2D eigenvalue weighted by molar-refractivity contribution is 9.10. The molecule has 1 N–H and O–H groups in total. The second kappa shape index (κ2) is 9.01. The van der Waals surface area contributed by atoms with Gasteiger partial charge in [-0.1, -0.05) is 44.0 Å². The first kappa shape index (κ1) is 19.4. The maximum atomic E-state index is 11.8. The Kier molecular flexibility index (Phi) is 6.47. The fourth-order valence-corrected chi connectivity index (χ4v) is 3.36. The molecule has 27 heavy (non-hydrogen) atoms. The van der Waals surface area contributed by atoms with Gasteiger partial charge in [-0.05, 0) is 55.0 Å². The zero-order valence-electron chi connectivity index (χ0n) is 14.4. The van der Waals surface area contributed by atoms with E-state index < -0.39 is 0 Å². The first-order valence-electron chi connectivity index (χ1n) is 8.08. The van der Waals surface area contributed by atoms with Gasteiger partial charge in [-0.15, -0.1) is 0 Å². The van der Waals surface area contributed by atoms with Crippen LogP contribution in [0.4, 0.5) is 0 Å². The fraction of sp³-hybridized carbons (Fsp3) is 0.100. The molecule has 1 heterocycles. The molecule has 0 aliphatic heterocycles. The number of carbonyl (C=O) groups excluding carboxylic acids is 1. The Balaban J connectivity index is 1.54. The molecule has 3 aromatic rings. The zero-order valence-corrected chi connectivity index (χ0v) is 17.6. The third-order valence-electron chi connectivity index (χ3n) is 3.56. The third-order valence-corrected chi connectivity index (χ3v) is 4.71. The summed E-state index contributed by atoms with van der Waals surface area (Å²) in [6.45, 7) is 1.89. The van der Waals surface area contributed by atoms with E-state index in [1.807, 2.05) is 43.3 Å². The van der Waals surface area contributed by atoms with Crippen molar-refractivity contribution in [3.8, 4) is 17.1 Å². The van der Waals surface area contributed by atoms with Gasteiger partial charge in [-0.2, -0.15) is 5.10 Å². The Labute approximate surface area is 173 Å². The van der Waals surface area contributed by atoms with Crippen molar-refractivity contribution >= 4 is 44.0 Å². The van der Waals surface area contributed by atoms with E-state index >= 15 is 0 Å². The standard InChI is InChI=1S/C20H16Br2N2O3/c1-13-5-7-17(18(22)9-13)19-8-6-16(27-19)11-23-24-20(25)12-26-15-4-2-3-14(21)10-15/h2-11H,12H2,1H3,(H,24,25)/b23-11+. The summed E-state index contributed by atoms with van der Waals surface area (Å²) >= 11 is 6.88. The maximum absolute atomic E-state index is 11.8. The van der Waals surface area contributed by atoms with Crippen molar-refractivity contribution in [2.75, 3.05) is 6.61 Å². The highest BCUT2D eigenvalue weighted by Gasteiger charge is 2.08. The van der Waals surface area contributed by atoms with Gasteiger partial charge in [-0.3, -0.25) is 4.79 Å². The van der Waals surface area contributed by atoms with E-state index in [1.165, 1.54) is 6.21 Å². The Bertz CT molecular complexity index is 983. The molecule has 0 saturated heterocycles.